The average molecular weight is 428 g/mol. The predicted molar refractivity (Wildman–Crippen MR) is 114 cm³/mol. The number of fused-ring (bicyclic) bond motifs is 1. The van der Waals surface area contributed by atoms with Crippen molar-refractivity contribution in [3.05, 3.63) is 58.9 Å². The molecule has 164 valence electrons. The van der Waals surface area contributed by atoms with Crippen LogP contribution in [0.2, 0.25) is 0 Å². The Kier molecular flexibility index (Phi) is 6.55. The second-order valence-electron chi connectivity index (χ2n) is 7.23. The van der Waals surface area contributed by atoms with Crippen LogP contribution in [0.1, 0.15) is 34.3 Å². The van der Waals surface area contributed by atoms with Crippen LogP contribution in [0.5, 0.6) is 0 Å². The highest BCUT2D eigenvalue weighted by Gasteiger charge is 2.47. The van der Waals surface area contributed by atoms with Crippen molar-refractivity contribution in [1.29, 1.82) is 0 Å². The van der Waals surface area contributed by atoms with Crippen molar-refractivity contribution in [2.45, 2.75) is 31.7 Å². The van der Waals surface area contributed by atoms with Crippen molar-refractivity contribution in [2.75, 3.05) is 24.7 Å². The van der Waals surface area contributed by atoms with E-state index in [2.05, 4.69) is 16.0 Å². The second-order valence-corrected chi connectivity index (χ2v) is 7.23. The third-order valence-corrected chi connectivity index (χ3v) is 5.43. The van der Waals surface area contributed by atoms with Gasteiger partial charge < -0.3 is 25.9 Å². The van der Waals surface area contributed by atoms with Crippen molar-refractivity contribution < 1.29 is 23.9 Å². The molecule has 0 spiro atoms. The number of benzene rings is 2. The number of nitrogens with zero attached hydrogens (tertiary/aromatic N) is 1. The molecule has 0 bridgehead atoms. The van der Waals surface area contributed by atoms with Gasteiger partial charge in [-0.2, -0.15) is 0 Å². The summed E-state index contributed by atoms with van der Waals surface area (Å²) in [6.45, 7) is 0.159. The average Bonchev–Trinajstić information content (AvgIpc) is 3.13. The first-order chi connectivity index (χ1) is 14.8. The van der Waals surface area contributed by atoms with E-state index in [1.54, 1.807) is 37.4 Å². The van der Waals surface area contributed by atoms with Gasteiger partial charge in [0.1, 0.15) is 12.1 Å². The summed E-state index contributed by atoms with van der Waals surface area (Å²) in [5.41, 5.74) is 0.480. The third-order valence-electron chi connectivity index (χ3n) is 5.43. The maximum atomic E-state index is 14.3. The smallest absolute Gasteiger partial charge is 0.273 e. The molecular weight excluding hydrogens is 403 g/mol. The van der Waals surface area contributed by atoms with Gasteiger partial charge in [-0.05, 0) is 24.3 Å². The number of rotatable bonds is 9. The topological polar surface area (TPSA) is 111 Å². The molecular formula is C22H25FN4O4. The number of hydrogen-bond acceptors (Lipinski definition) is 6. The van der Waals surface area contributed by atoms with Gasteiger partial charge in [-0.3, -0.25) is 14.5 Å². The molecule has 2 aromatic carbocycles. The number of hydrogen-bond donors (Lipinski definition) is 4. The van der Waals surface area contributed by atoms with Crippen LogP contribution in [0.25, 0.3) is 0 Å². The zero-order valence-electron chi connectivity index (χ0n) is 17.4. The third kappa shape index (κ3) is 4.22. The lowest BCUT2D eigenvalue weighted by molar-refractivity contribution is -0.159. The van der Waals surface area contributed by atoms with Crippen molar-refractivity contribution in [2.24, 2.45) is 0 Å². The second kappa shape index (κ2) is 9.13. The lowest BCUT2D eigenvalue weighted by Crippen LogP contribution is -2.58. The monoisotopic (exact) mass is 428 g/mol. The predicted octanol–water partition coefficient (Wildman–Crippen LogP) is 1.85. The number of nitrogens with one attached hydrogen (secondary N) is 3. The molecule has 0 fully saturated rings. The zero-order chi connectivity index (χ0) is 22.6. The van der Waals surface area contributed by atoms with E-state index in [0.29, 0.717) is 34.4 Å². The molecule has 8 nitrogen and oxygen atoms in total. The SMILES string of the molecule is CNC(=O)C(O)(CCC=O)N1Cc2c(NCc3ccc(NC)cc3F)cccc2C1=O. The molecule has 2 amide bonds. The van der Waals surface area contributed by atoms with Crippen LogP contribution in [-0.4, -0.2) is 47.9 Å². The first-order valence-electron chi connectivity index (χ1n) is 9.87. The molecule has 1 heterocycles. The summed E-state index contributed by atoms with van der Waals surface area (Å²) in [5, 5.41) is 19.4. The largest absolute Gasteiger partial charge is 0.388 e. The van der Waals surface area contributed by atoms with Crippen molar-refractivity contribution >= 4 is 29.5 Å². The number of aldehydes is 1. The van der Waals surface area contributed by atoms with E-state index in [0.717, 1.165) is 4.90 Å². The number of carbonyl (C=O) groups is 3. The molecule has 1 aliphatic heterocycles. The molecule has 1 aliphatic rings. The minimum absolute atomic E-state index is 0.0265. The van der Waals surface area contributed by atoms with Gasteiger partial charge in [-0.15, -0.1) is 0 Å². The van der Waals surface area contributed by atoms with Gasteiger partial charge in [0.25, 0.3) is 11.8 Å². The molecule has 0 aliphatic carbocycles. The van der Waals surface area contributed by atoms with Gasteiger partial charge in [0.15, 0.2) is 0 Å². The van der Waals surface area contributed by atoms with Crippen molar-refractivity contribution in [3.8, 4) is 0 Å². The number of aliphatic hydroxyl groups is 1. The molecule has 0 saturated carbocycles. The van der Waals surface area contributed by atoms with Gasteiger partial charge in [0, 0.05) is 61.5 Å². The Morgan fingerprint density at radius 1 is 1.29 bits per heavy atom. The zero-order valence-corrected chi connectivity index (χ0v) is 17.4. The fourth-order valence-corrected chi connectivity index (χ4v) is 3.67. The summed E-state index contributed by atoms with van der Waals surface area (Å²) in [5.74, 6) is -1.65. The summed E-state index contributed by atoms with van der Waals surface area (Å²) >= 11 is 0. The Balaban J connectivity index is 1.85. The Labute approximate surface area is 179 Å². The molecule has 1 unspecified atom stereocenters. The highest BCUT2D eigenvalue weighted by Crippen LogP contribution is 2.35. The first kappa shape index (κ1) is 22.2. The van der Waals surface area contributed by atoms with Crippen LogP contribution in [0.15, 0.2) is 36.4 Å². The van der Waals surface area contributed by atoms with Crippen molar-refractivity contribution in [1.82, 2.24) is 10.2 Å². The van der Waals surface area contributed by atoms with Crippen LogP contribution in [-0.2, 0) is 22.7 Å². The molecule has 0 radical (unpaired) electrons. The fraction of sp³-hybridized carbons (Fsp3) is 0.318. The fourth-order valence-electron chi connectivity index (χ4n) is 3.67. The van der Waals surface area contributed by atoms with Gasteiger partial charge in [-0.1, -0.05) is 12.1 Å². The van der Waals surface area contributed by atoms with E-state index in [1.165, 1.54) is 13.1 Å². The van der Waals surface area contributed by atoms with Crippen molar-refractivity contribution in [3.63, 3.8) is 0 Å². The molecule has 0 aromatic heterocycles. The first-order valence-corrected chi connectivity index (χ1v) is 9.87. The van der Waals surface area contributed by atoms with Gasteiger partial charge in [-0.25, -0.2) is 4.39 Å². The molecule has 2 aromatic rings. The summed E-state index contributed by atoms with van der Waals surface area (Å²) in [7, 11) is 3.06. The maximum absolute atomic E-state index is 14.3. The molecule has 1 atom stereocenters. The van der Waals surface area contributed by atoms with Gasteiger partial charge in [0.2, 0.25) is 5.72 Å². The van der Waals surface area contributed by atoms with Crippen LogP contribution in [0, 0.1) is 5.82 Å². The number of amides is 2. The summed E-state index contributed by atoms with van der Waals surface area (Å²) < 4.78 is 14.3. The van der Waals surface area contributed by atoms with E-state index in [4.69, 9.17) is 0 Å². The van der Waals surface area contributed by atoms with E-state index in [1.807, 2.05) is 0 Å². The Morgan fingerprint density at radius 2 is 2.06 bits per heavy atom. The van der Waals surface area contributed by atoms with Gasteiger partial charge >= 0.3 is 0 Å². The highest BCUT2D eigenvalue weighted by atomic mass is 19.1. The van der Waals surface area contributed by atoms with Crippen LogP contribution in [0.3, 0.4) is 0 Å². The number of anilines is 2. The Morgan fingerprint density at radius 3 is 2.71 bits per heavy atom. The molecule has 0 saturated heterocycles. The van der Waals surface area contributed by atoms with Crippen LogP contribution < -0.4 is 16.0 Å². The molecule has 9 heteroatoms. The lowest BCUT2D eigenvalue weighted by Gasteiger charge is -2.35. The van der Waals surface area contributed by atoms with E-state index >= 15 is 0 Å². The number of carbonyl (C=O) groups excluding carboxylic acids is 3. The van der Waals surface area contributed by atoms with Crippen LogP contribution in [0.4, 0.5) is 15.8 Å². The summed E-state index contributed by atoms with van der Waals surface area (Å²) in [6, 6.07) is 9.85. The Bertz CT molecular complexity index is 1010. The molecule has 31 heavy (non-hydrogen) atoms. The Hall–Kier alpha value is -3.46. The minimum Gasteiger partial charge on any atom is -0.388 e. The maximum Gasteiger partial charge on any atom is 0.273 e. The van der Waals surface area contributed by atoms with E-state index in [9.17, 15) is 23.9 Å². The minimum atomic E-state index is -2.15. The van der Waals surface area contributed by atoms with Gasteiger partial charge in [0.05, 0.1) is 6.54 Å². The summed E-state index contributed by atoms with van der Waals surface area (Å²) in [4.78, 5) is 37.2. The normalized spacial score (nSPS) is 14.6. The highest BCUT2D eigenvalue weighted by molar-refractivity contribution is 6.03. The van der Waals surface area contributed by atoms with E-state index < -0.39 is 17.5 Å². The standard InChI is InChI=1S/C22H25FN4O4/c1-24-15-8-7-14(18(23)11-15)12-26-19-6-3-5-16-17(19)13-27(20(16)29)22(31,9-4-10-28)21(30)25-2/h3,5-8,10-11,24,26,31H,4,9,12-13H2,1-2H3,(H,25,30). The van der Waals surface area contributed by atoms with Crippen LogP contribution >= 0.6 is 0 Å². The summed E-state index contributed by atoms with van der Waals surface area (Å²) in [6.07, 6.45) is 0.279. The quantitative estimate of drug-likeness (QED) is 0.454. The number of likely N-dealkylation sites (N-methyl/N-ethyl adjacent to an activating group) is 1. The lowest BCUT2D eigenvalue weighted by atomic mass is 10.0. The van der Waals surface area contributed by atoms with E-state index in [-0.39, 0.29) is 31.7 Å². The molecule has 4 N–H and O–H groups in total. The number of halogens is 1. The molecule has 3 rings (SSSR count).